The van der Waals surface area contributed by atoms with Crippen molar-refractivity contribution in [1.29, 1.82) is 0 Å². The summed E-state index contributed by atoms with van der Waals surface area (Å²) in [5, 5.41) is 3.33. The second-order valence-corrected chi connectivity index (χ2v) is 3.43. The van der Waals surface area contributed by atoms with Crippen molar-refractivity contribution in [3.8, 4) is 11.3 Å². The summed E-state index contributed by atoms with van der Waals surface area (Å²) in [5.74, 6) is -0.575. The molecule has 0 aliphatic rings. The van der Waals surface area contributed by atoms with Crippen molar-refractivity contribution >= 4 is 29.1 Å². The van der Waals surface area contributed by atoms with Gasteiger partial charge in [-0.1, -0.05) is 28.4 Å². The number of hydrogen-bond donors (Lipinski definition) is 1. The number of nitrogens with two attached hydrogens (primary N) is 1. The number of pyridine rings is 1. The molecule has 0 aliphatic heterocycles. The van der Waals surface area contributed by atoms with Crippen molar-refractivity contribution in [2.75, 3.05) is 5.73 Å². The maximum Gasteiger partial charge on any atom is 0.222 e. The number of nitrogens with zero attached hydrogens (tertiary/aromatic N) is 2. The molecule has 0 atom stereocenters. The minimum absolute atomic E-state index is 0.0368. The predicted molar refractivity (Wildman–Crippen MR) is 54.1 cm³/mol. The molecular formula is C8H4Cl2FN3O. The third kappa shape index (κ3) is 1.88. The molecule has 0 aliphatic carbocycles. The summed E-state index contributed by atoms with van der Waals surface area (Å²) in [6, 6.07) is 2.53. The van der Waals surface area contributed by atoms with E-state index in [1.54, 1.807) is 0 Å². The third-order valence-electron chi connectivity index (χ3n) is 1.69. The minimum atomic E-state index is -0.683. The first-order chi connectivity index (χ1) is 7.08. The van der Waals surface area contributed by atoms with E-state index in [0.29, 0.717) is 5.69 Å². The zero-order chi connectivity index (χ0) is 11.0. The van der Waals surface area contributed by atoms with Crippen LogP contribution in [0.2, 0.25) is 10.3 Å². The maximum absolute atomic E-state index is 13.1. The lowest BCUT2D eigenvalue weighted by Crippen LogP contribution is -1.88. The Morgan fingerprint density at radius 1 is 1.27 bits per heavy atom. The summed E-state index contributed by atoms with van der Waals surface area (Å²) in [5.41, 5.74) is 5.90. The Labute approximate surface area is 93.8 Å². The Morgan fingerprint density at radius 3 is 2.60 bits per heavy atom. The van der Waals surface area contributed by atoms with E-state index in [0.717, 1.165) is 6.07 Å². The topological polar surface area (TPSA) is 64.9 Å². The summed E-state index contributed by atoms with van der Waals surface area (Å²) in [6.45, 7) is 0. The Kier molecular flexibility index (Phi) is 2.50. The zero-order valence-electron chi connectivity index (χ0n) is 7.17. The summed E-state index contributed by atoms with van der Waals surface area (Å²) in [4.78, 5) is 3.59. The second-order valence-electron chi connectivity index (χ2n) is 2.71. The van der Waals surface area contributed by atoms with Crippen LogP contribution in [0.1, 0.15) is 0 Å². The van der Waals surface area contributed by atoms with Crippen molar-refractivity contribution in [3.63, 3.8) is 0 Å². The lowest BCUT2D eigenvalue weighted by atomic mass is 10.2. The molecule has 0 saturated heterocycles. The van der Waals surface area contributed by atoms with Gasteiger partial charge < -0.3 is 10.3 Å². The predicted octanol–water partition coefficient (Wildman–Crippen LogP) is 2.76. The molecule has 78 valence electrons. The monoisotopic (exact) mass is 247 g/mol. The molecule has 2 N–H and O–H groups in total. The molecule has 0 unspecified atom stereocenters. The van der Waals surface area contributed by atoms with Crippen LogP contribution in [0.4, 0.5) is 10.3 Å². The van der Waals surface area contributed by atoms with Gasteiger partial charge in [0.15, 0.2) is 11.0 Å². The summed E-state index contributed by atoms with van der Waals surface area (Å²) in [6.07, 6.45) is 0. The molecule has 4 nitrogen and oxygen atoms in total. The second kappa shape index (κ2) is 3.67. The molecule has 2 rings (SSSR count). The molecule has 0 amide bonds. The van der Waals surface area contributed by atoms with Gasteiger partial charge >= 0.3 is 0 Å². The summed E-state index contributed by atoms with van der Waals surface area (Å²) in [7, 11) is 0. The van der Waals surface area contributed by atoms with Gasteiger partial charge in [0.05, 0.1) is 0 Å². The average molecular weight is 248 g/mol. The first-order valence-electron chi connectivity index (χ1n) is 3.82. The van der Waals surface area contributed by atoms with Crippen LogP contribution >= 0.6 is 23.2 Å². The van der Waals surface area contributed by atoms with Gasteiger partial charge in [0, 0.05) is 11.6 Å². The first-order valence-corrected chi connectivity index (χ1v) is 4.57. The van der Waals surface area contributed by atoms with Crippen molar-refractivity contribution in [2.45, 2.75) is 0 Å². The Bertz CT molecular complexity index is 515. The smallest absolute Gasteiger partial charge is 0.222 e. The molecule has 0 spiro atoms. The van der Waals surface area contributed by atoms with Crippen molar-refractivity contribution in [2.24, 2.45) is 0 Å². The van der Waals surface area contributed by atoms with Gasteiger partial charge in [-0.05, 0) is 6.07 Å². The van der Waals surface area contributed by atoms with Crippen LogP contribution in [0, 0.1) is 5.82 Å². The highest BCUT2D eigenvalue weighted by Crippen LogP contribution is 2.29. The van der Waals surface area contributed by atoms with Gasteiger partial charge in [-0.2, -0.15) is 0 Å². The first kappa shape index (κ1) is 10.2. The molecule has 0 aromatic carbocycles. The average Bonchev–Trinajstić information content (AvgIpc) is 2.58. The van der Waals surface area contributed by atoms with Crippen molar-refractivity contribution in [3.05, 3.63) is 28.3 Å². The third-order valence-corrected chi connectivity index (χ3v) is 2.24. The molecule has 0 bridgehead atoms. The van der Waals surface area contributed by atoms with Gasteiger partial charge in [-0.25, -0.2) is 9.37 Å². The molecule has 2 aromatic heterocycles. The molecule has 0 fully saturated rings. The minimum Gasteiger partial charge on any atom is -0.368 e. The standard InChI is InChI=1S/C8H4Cl2FN3O/c9-7-3(1-4(11)8(10)13-7)5-2-6(12)15-14-5/h1-2H,12H2. The highest BCUT2D eigenvalue weighted by Gasteiger charge is 2.13. The zero-order valence-corrected chi connectivity index (χ0v) is 8.68. The lowest BCUT2D eigenvalue weighted by Gasteiger charge is -2.00. The fraction of sp³-hybridized carbons (Fsp3) is 0. The number of halogens is 3. The van der Waals surface area contributed by atoms with Crippen LogP contribution in [0.5, 0.6) is 0 Å². The number of aromatic nitrogens is 2. The van der Waals surface area contributed by atoms with Gasteiger partial charge in [0.25, 0.3) is 0 Å². The van der Waals surface area contributed by atoms with E-state index in [2.05, 4.69) is 14.7 Å². The molecule has 15 heavy (non-hydrogen) atoms. The van der Waals surface area contributed by atoms with Crippen LogP contribution in [0.25, 0.3) is 11.3 Å². The maximum atomic E-state index is 13.1. The van der Waals surface area contributed by atoms with Crippen LogP contribution in [-0.2, 0) is 0 Å². The van der Waals surface area contributed by atoms with Crippen LogP contribution in [-0.4, -0.2) is 10.1 Å². The van der Waals surface area contributed by atoms with E-state index in [1.165, 1.54) is 6.07 Å². The van der Waals surface area contributed by atoms with Gasteiger partial charge in [-0.3, -0.25) is 0 Å². The van der Waals surface area contributed by atoms with Crippen LogP contribution < -0.4 is 5.73 Å². The fourth-order valence-electron chi connectivity index (χ4n) is 1.04. The lowest BCUT2D eigenvalue weighted by molar-refractivity contribution is 0.439. The van der Waals surface area contributed by atoms with E-state index in [9.17, 15) is 4.39 Å². The van der Waals surface area contributed by atoms with Gasteiger partial charge in [-0.15, -0.1) is 0 Å². The molecule has 2 aromatic rings. The Balaban J connectivity index is 2.58. The molecular weight excluding hydrogens is 244 g/mol. The number of hydrogen-bond acceptors (Lipinski definition) is 4. The van der Waals surface area contributed by atoms with Crippen LogP contribution in [0.15, 0.2) is 16.7 Å². The normalized spacial score (nSPS) is 10.6. The Morgan fingerprint density at radius 2 is 2.00 bits per heavy atom. The molecule has 0 saturated carbocycles. The summed E-state index contributed by atoms with van der Waals surface area (Å²) >= 11 is 11.2. The molecule has 0 radical (unpaired) electrons. The number of nitrogen functional groups attached to an aromatic ring is 1. The van der Waals surface area contributed by atoms with E-state index >= 15 is 0 Å². The van der Waals surface area contributed by atoms with Gasteiger partial charge in [0.1, 0.15) is 10.8 Å². The van der Waals surface area contributed by atoms with Crippen LogP contribution in [0.3, 0.4) is 0 Å². The SMILES string of the molecule is Nc1cc(-c2cc(F)c(Cl)nc2Cl)no1. The highest BCUT2D eigenvalue weighted by molar-refractivity contribution is 6.34. The fourth-order valence-corrected chi connectivity index (χ4v) is 1.46. The van der Waals surface area contributed by atoms with Gasteiger partial charge in [0.2, 0.25) is 5.88 Å². The number of anilines is 1. The van der Waals surface area contributed by atoms with Crippen molar-refractivity contribution < 1.29 is 8.91 Å². The molecule has 2 heterocycles. The highest BCUT2D eigenvalue weighted by atomic mass is 35.5. The summed E-state index contributed by atoms with van der Waals surface area (Å²) < 4.78 is 17.7. The van der Waals surface area contributed by atoms with E-state index < -0.39 is 5.82 Å². The number of rotatable bonds is 1. The Hall–Kier alpha value is -1.33. The van der Waals surface area contributed by atoms with E-state index in [-0.39, 0.29) is 21.8 Å². The largest absolute Gasteiger partial charge is 0.368 e. The van der Waals surface area contributed by atoms with Crippen molar-refractivity contribution in [1.82, 2.24) is 10.1 Å². The van der Waals surface area contributed by atoms with E-state index in [1.807, 2.05) is 0 Å². The quantitative estimate of drug-likeness (QED) is 0.788. The molecule has 7 heteroatoms. The van der Waals surface area contributed by atoms with E-state index in [4.69, 9.17) is 28.9 Å².